The monoisotopic (exact) mass is 236 g/mol. The molecule has 1 aromatic carbocycles. The third-order valence-corrected chi connectivity index (χ3v) is 2.90. The van der Waals surface area contributed by atoms with Gasteiger partial charge in [0.05, 0.1) is 0 Å². The highest BCUT2D eigenvalue weighted by atomic mass is 35.5. The number of benzene rings is 1. The molecule has 0 bridgehead atoms. The fourth-order valence-electron chi connectivity index (χ4n) is 1.56. The molecule has 2 aromatic rings. The zero-order chi connectivity index (χ0) is 11.5. The third kappa shape index (κ3) is 2.09. The van der Waals surface area contributed by atoms with E-state index in [-0.39, 0.29) is 6.04 Å². The number of imidazole rings is 1. The molecule has 1 aromatic heterocycles. The number of nitrogens with one attached hydrogen (secondary N) is 2. The molecule has 1 atom stereocenters. The number of hydrazine groups is 1. The summed E-state index contributed by atoms with van der Waals surface area (Å²) in [7, 11) is 0. The van der Waals surface area contributed by atoms with E-state index >= 15 is 0 Å². The van der Waals surface area contributed by atoms with Crippen LogP contribution < -0.4 is 11.3 Å². The van der Waals surface area contributed by atoms with Crippen LogP contribution in [0.25, 0.3) is 0 Å². The molecule has 0 radical (unpaired) electrons. The summed E-state index contributed by atoms with van der Waals surface area (Å²) in [6.07, 6.45) is 3.45. The summed E-state index contributed by atoms with van der Waals surface area (Å²) >= 11 is 6.08. The molecule has 0 spiro atoms. The van der Waals surface area contributed by atoms with Gasteiger partial charge in [-0.25, -0.2) is 10.4 Å². The van der Waals surface area contributed by atoms with E-state index in [9.17, 15) is 0 Å². The minimum Gasteiger partial charge on any atom is -0.347 e. The first kappa shape index (κ1) is 11.1. The second-order valence-corrected chi connectivity index (χ2v) is 3.99. The minimum atomic E-state index is -0.173. The Balaban J connectivity index is 2.37. The minimum absolute atomic E-state index is 0.173. The molecule has 5 heteroatoms. The van der Waals surface area contributed by atoms with E-state index in [1.807, 2.05) is 25.1 Å². The van der Waals surface area contributed by atoms with Gasteiger partial charge in [-0.2, -0.15) is 0 Å². The van der Waals surface area contributed by atoms with E-state index in [4.69, 9.17) is 17.4 Å². The lowest BCUT2D eigenvalue weighted by molar-refractivity contribution is 0.608. The maximum absolute atomic E-state index is 6.08. The Morgan fingerprint density at radius 1 is 1.50 bits per heavy atom. The van der Waals surface area contributed by atoms with Crippen LogP contribution in [-0.4, -0.2) is 9.97 Å². The average Bonchev–Trinajstić information content (AvgIpc) is 2.78. The van der Waals surface area contributed by atoms with Crippen LogP contribution in [0.1, 0.15) is 23.0 Å². The molecule has 0 saturated carbocycles. The predicted octanol–water partition coefficient (Wildman–Crippen LogP) is 1.92. The average molecular weight is 237 g/mol. The molecular formula is C11H13ClN4. The van der Waals surface area contributed by atoms with Crippen LogP contribution in [0.2, 0.25) is 5.02 Å². The molecule has 2 rings (SSSR count). The first-order valence-corrected chi connectivity index (χ1v) is 5.31. The number of aryl methyl sites for hydroxylation is 1. The van der Waals surface area contributed by atoms with Gasteiger partial charge in [0.15, 0.2) is 0 Å². The van der Waals surface area contributed by atoms with Gasteiger partial charge in [-0.3, -0.25) is 5.84 Å². The Bertz CT molecular complexity index is 467. The van der Waals surface area contributed by atoms with Crippen molar-refractivity contribution in [3.8, 4) is 0 Å². The summed E-state index contributed by atoms with van der Waals surface area (Å²) in [6.45, 7) is 1.96. The van der Waals surface area contributed by atoms with Gasteiger partial charge in [0.25, 0.3) is 0 Å². The number of halogens is 1. The fourth-order valence-corrected chi connectivity index (χ4v) is 1.75. The smallest absolute Gasteiger partial charge is 0.129 e. The van der Waals surface area contributed by atoms with Gasteiger partial charge in [-0.15, -0.1) is 0 Å². The summed E-state index contributed by atoms with van der Waals surface area (Å²) in [5.41, 5.74) is 4.74. The fraction of sp³-hybridized carbons (Fsp3) is 0.182. The first-order chi connectivity index (χ1) is 7.72. The van der Waals surface area contributed by atoms with Crippen molar-refractivity contribution in [2.45, 2.75) is 13.0 Å². The second-order valence-electron chi connectivity index (χ2n) is 3.58. The number of H-pyrrole nitrogens is 1. The van der Waals surface area contributed by atoms with Crippen molar-refractivity contribution in [1.29, 1.82) is 0 Å². The summed E-state index contributed by atoms with van der Waals surface area (Å²) in [4.78, 5) is 7.20. The summed E-state index contributed by atoms with van der Waals surface area (Å²) in [6, 6.07) is 5.66. The van der Waals surface area contributed by atoms with Crippen LogP contribution >= 0.6 is 11.6 Å². The number of nitrogens with zero attached hydrogens (tertiary/aromatic N) is 1. The van der Waals surface area contributed by atoms with Gasteiger partial charge in [0.1, 0.15) is 11.9 Å². The quantitative estimate of drug-likeness (QED) is 0.564. The summed E-state index contributed by atoms with van der Waals surface area (Å²) < 4.78 is 0. The molecule has 16 heavy (non-hydrogen) atoms. The van der Waals surface area contributed by atoms with Crippen molar-refractivity contribution in [1.82, 2.24) is 15.4 Å². The maximum Gasteiger partial charge on any atom is 0.129 e. The topological polar surface area (TPSA) is 66.7 Å². The van der Waals surface area contributed by atoms with E-state index in [1.54, 1.807) is 12.4 Å². The molecule has 0 aliphatic carbocycles. The lowest BCUT2D eigenvalue weighted by Gasteiger charge is -2.14. The first-order valence-electron chi connectivity index (χ1n) is 4.94. The van der Waals surface area contributed by atoms with Crippen molar-refractivity contribution in [2.75, 3.05) is 0 Å². The van der Waals surface area contributed by atoms with E-state index in [1.165, 1.54) is 0 Å². The Morgan fingerprint density at radius 2 is 2.31 bits per heavy atom. The molecule has 84 valence electrons. The number of aromatic amines is 1. The van der Waals surface area contributed by atoms with Crippen molar-refractivity contribution in [3.05, 3.63) is 52.6 Å². The number of aromatic nitrogens is 2. The predicted molar refractivity (Wildman–Crippen MR) is 63.9 cm³/mol. The van der Waals surface area contributed by atoms with Gasteiger partial charge in [-0.05, 0) is 24.1 Å². The van der Waals surface area contributed by atoms with Crippen molar-refractivity contribution in [2.24, 2.45) is 5.84 Å². The zero-order valence-electron chi connectivity index (χ0n) is 8.87. The SMILES string of the molecule is Cc1ccc(C(NN)c2ncc[nH]2)cc1Cl. The molecule has 0 aliphatic heterocycles. The van der Waals surface area contributed by atoms with Crippen LogP contribution in [-0.2, 0) is 0 Å². The number of hydrogen-bond donors (Lipinski definition) is 3. The highest BCUT2D eigenvalue weighted by Gasteiger charge is 2.15. The Hall–Kier alpha value is -1.36. The zero-order valence-corrected chi connectivity index (χ0v) is 9.62. The third-order valence-electron chi connectivity index (χ3n) is 2.49. The molecule has 4 N–H and O–H groups in total. The molecular weight excluding hydrogens is 224 g/mol. The highest BCUT2D eigenvalue weighted by Crippen LogP contribution is 2.23. The van der Waals surface area contributed by atoms with Gasteiger partial charge in [0, 0.05) is 17.4 Å². The molecule has 1 heterocycles. The van der Waals surface area contributed by atoms with E-state index in [0.29, 0.717) is 0 Å². The van der Waals surface area contributed by atoms with Crippen molar-refractivity contribution in [3.63, 3.8) is 0 Å². The summed E-state index contributed by atoms with van der Waals surface area (Å²) in [5, 5.41) is 0.726. The van der Waals surface area contributed by atoms with Gasteiger partial charge < -0.3 is 4.98 Å². The van der Waals surface area contributed by atoms with Crippen LogP contribution in [0.4, 0.5) is 0 Å². The van der Waals surface area contributed by atoms with Gasteiger partial charge in [-0.1, -0.05) is 23.7 Å². The summed E-state index contributed by atoms with van der Waals surface area (Å²) in [5.74, 6) is 6.30. The Morgan fingerprint density at radius 3 is 2.88 bits per heavy atom. The van der Waals surface area contributed by atoms with Crippen LogP contribution in [0, 0.1) is 6.92 Å². The molecule has 0 amide bonds. The van der Waals surface area contributed by atoms with Crippen molar-refractivity contribution >= 4 is 11.6 Å². The van der Waals surface area contributed by atoms with E-state index < -0.39 is 0 Å². The molecule has 4 nitrogen and oxygen atoms in total. The number of hydrogen-bond acceptors (Lipinski definition) is 3. The standard InChI is InChI=1S/C11H13ClN4/c1-7-2-3-8(6-9(7)12)10(16-13)11-14-4-5-15-11/h2-6,10,16H,13H2,1H3,(H,14,15). The molecule has 0 saturated heterocycles. The lowest BCUT2D eigenvalue weighted by atomic mass is 10.1. The highest BCUT2D eigenvalue weighted by molar-refractivity contribution is 6.31. The van der Waals surface area contributed by atoms with Crippen LogP contribution in [0.5, 0.6) is 0 Å². The van der Waals surface area contributed by atoms with E-state index in [2.05, 4.69) is 15.4 Å². The van der Waals surface area contributed by atoms with Crippen LogP contribution in [0.15, 0.2) is 30.6 Å². The normalized spacial score (nSPS) is 12.7. The second kappa shape index (κ2) is 4.65. The lowest BCUT2D eigenvalue weighted by Crippen LogP contribution is -2.29. The molecule has 1 unspecified atom stereocenters. The number of rotatable bonds is 3. The van der Waals surface area contributed by atoms with E-state index in [0.717, 1.165) is 22.0 Å². The largest absolute Gasteiger partial charge is 0.347 e. The van der Waals surface area contributed by atoms with Crippen LogP contribution in [0.3, 0.4) is 0 Å². The number of nitrogens with two attached hydrogens (primary N) is 1. The van der Waals surface area contributed by atoms with Gasteiger partial charge in [0.2, 0.25) is 0 Å². The molecule has 0 aliphatic rings. The Labute approximate surface area is 98.8 Å². The van der Waals surface area contributed by atoms with Gasteiger partial charge >= 0.3 is 0 Å². The van der Waals surface area contributed by atoms with Crippen molar-refractivity contribution < 1.29 is 0 Å². The maximum atomic E-state index is 6.08. The molecule has 0 fully saturated rings. The Kier molecular flexibility index (Phi) is 3.24.